The first kappa shape index (κ1) is 15.8. The van der Waals surface area contributed by atoms with Gasteiger partial charge in [0.2, 0.25) is 5.91 Å². The molecule has 5 heteroatoms. The number of rotatable bonds is 3. The van der Waals surface area contributed by atoms with E-state index in [-0.39, 0.29) is 18.0 Å². The van der Waals surface area contributed by atoms with Crippen molar-refractivity contribution in [1.29, 1.82) is 0 Å². The number of carbonyl (C=O) groups excluding carboxylic acids is 1. The fraction of sp³-hybridized carbons (Fsp3) is 0.100. The molecule has 3 aromatic rings. The van der Waals surface area contributed by atoms with Gasteiger partial charge in [-0.3, -0.25) is 9.59 Å². The average molecular weight is 395 g/mol. The van der Waals surface area contributed by atoms with E-state index in [1.807, 2.05) is 24.3 Å². The van der Waals surface area contributed by atoms with Gasteiger partial charge in [0.05, 0.1) is 0 Å². The lowest BCUT2D eigenvalue weighted by Crippen LogP contribution is -2.26. The predicted molar refractivity (Wildman–Crippen MR) is 102 cm³/mol. The number of fused-ring (bicyclic) bond motifs is 3. The summed E-state index contributed by atoms with van der Waals surface area (Å²) in [5.74, 6) is -0.230. The van der Waals surface area contributed by atoms with Gasteiger partial charge in [-0.25, -0.2) is 0 Å². The lowest BCUT2D eigenvalue weighted by molar-refractivity contribution is -0.116. The molecule has 0 saturated carbocycles. The van der Waals surface area contributed by atoms with Crippen molar-refractivity contribution in [2.45, 2.75) is 13.0 Å². The number of pyridine rings is 1. The molecule has 1 aromatic heterocycles. The van der Waals surface area contributed by atoms with Gasteiger partial charge in [0.15, 0.2) is 0 Å². The highest BCUT2D eigenvalue weighted by molar-refractivity contribution is 9.10. The number of halogens is 1. The minimum absolute atomic E-state index is 0.0219. The summed E-state index contributed by atoms with van der Waals surface area (Å²) in [6, 6.07) is 17.4. The van der Waals surface area contributed by atoms with Crippen LogP contribution in [0.5, 0.6) is 0 Å². The molecule has 4 rings (SSSR count). The fourth-order valence-electron chi connectivity index (χ4n) is 3.18. The Morgan fingerprint density at radius 1 is 1.04 bits per heavy atom. The van der Waals surface area contributed by atoms with Crippen LogP contribution in [0.2, 0.25) is 0 Å². The normalized spacial score (nSPS) is 11.7. The van der Waals surface area contributed by atoms with E-state index in [2.05, 4.69) is 39.4 Å². The molecule has 1 N–H and O–H groups in total. The van der Waals surface area contributed by atoms with Crippen molar-refractivity contribution in [3.63, 3.8) is 0 Å². The highest BCUT2D eigenvalue weighted by atomic mass is 79.9. The van der Waals surface area contributed by atoms with Crippen LogP contribution in [0.15, 0.2) is 70.1 Å². The lowest BCUT2D eigenvalue weighted by atomic mass is 10.1. The van der Waals surface area contributed by atoms with Crippen LogP contribution in [-0.2, 0) is 17.8 Å². The van der Waals surface area contributed by atoms with Crippen molar-refractivity contribution in [1.82, 2.24) is 4.57 Å². The number of carbonyl (C=O) groups is 1. The molecule has 0 aliphatic heterocycles. The van der Waals surface area contributed by atoms with Gasteiger partial charge < -0.3 is 9.88 Å². The first-order valence-corrected chi connectivity index (χ1v) is 8.76. The van der Waals surface area contributed by atoms with Crippen molar-refractivity contribution in [3.8, 4) is 11.1 Å². The molecule has 0 saturated heterocycles. The van der Waals surface area contributed by atoms with Gasteiger partial charge in [0.1, 0.15) is 6.54 Å². The van der Waals surface area contributed by atoms with Crippen LogP contribution in [0.4, 0.5) is 5.69 Å². The Labute approximate surface area is 153 Å². The van der Waals surface area contributed by atoms with E-state index in [1.165, 1.54) is 27.3 Å². The Balaban J connectivity index is 1.55. The second-order valence-corrected chi connectivity index (χ2v) is 6.98. The number of aromatic nitrogens is 1. The largest absolute Gasteiger partial charge is 0.325 e. The molecule has 1 aliphatic rings. The molecule has 4 nitrogen and oxygen atoms in total. The van der Waals surface area contributed by atoms with Gasteiger partial charge in [-0.1, -0.05) is 30.3 Å². The van der Waals surface area contributed by atoms with Crippen LogP contribution < -0.4 is 10.9 Å². The summed E-state index contributed by atoms with van der Waals surface area (Å²) in [6.07, 6.45) is 2.54. The Morgan fingerprint density at radius 2 is 1.84 bits per heavy atom. The Bertz CT molecular complexity index is 1040. The summed E-state index contributed by atoms with van der Waals surface area (Å²) in [5, 5.41) is 2.88. The van der Waals surface area contributed by atoms with Crippen LogP contribution in [-0.4, -0.2) is 10.5 Å². The van der Waals surface area contributed by atoms with E-state index in [0.717, 1.165) is 22.1 Å². The standard InChI is InChI=1S/C20H15BrN2O2/c21-15-6-8-20(25)23(11-15)12-19(24)22-16-7-5-14-9-13-3-1-2-4-17(13)18(14)10-16/h1-8,10-11H,9,12H2,(H,22,24). The number of amides is 1. The van der Waals surface area contributed by atoms with E-state index >= 15 is 0 Å². The molecule has 2 aromatic carbocycles. The summed E-state index contributed by atoms with van der Waals surface area (Å²) in [5.41, 5.74) is 5.48. The molecule has 0 unspecified atom stereocenters. The highest BCUT2D eigenvalue weighted by Crippen LogP contribution is 2.37. The van der Waals surface area contributed by atoms with Crippen LogP contribution in [0.3, 0.4) is 0 Å². The lowest BCUT2D eigenvalue weighted by Gasteiger charge is -2.09. The molecule has 0 radical (unpaired) electrons. The summed E-state index contributed by atoms with van der Waals surface area (Å²) in [4.78, 5) is 24.1. The van der Waals surface area contributed by atoms with Crippen molar-refractivity contribution in [2.75, 3.05) is 5.32 Å². The SMILES string of the molecule is O=C(Cn1cc(Br)ccc1=O)Nc1ccc2c(c1)-c1ccccc1C2. The smallest absolute Gasteiger partial charge is 0.251 e. The molecular formula is C20H15BrN2O2. The van der Waals surface area contributed by atoms with Crippen molar-refractivity contribution in [3.05, 3.63) is 86.7 Å². The maximum atomic E-state index is 12.3. The van der Waals surface area contributed by atoms with Gasteiger partial charge >= 0.3 is 0 Å². The van der Waals surface area contributed by atoms with Gasteiger partial charge in [-0.05, 0) is 62.8 Å². The van der Waals surface area contributed by atoms with Crippen LogP contribution >= 0.6 is 15.9 Å². The van der Waals surface area contributed by atoms with E-state index in [0.29, 0.717) is 0 Å². The maximum Gasteiger partial charge on any atom is 0.251 e. The van der Waals surface area contributed by atoms with Crippen LogP contribution in [0.1, 0.15) is 11.1 Å². The van der Waals surface area contributed by atoms with Gasteiger partial charge in [-0.15, -0.1) is 0 Å². The maximum absolute atomic E-state index is 12.3. The molecule has 0 atom stereocenters. The van der Waals surface area contributed by atoms with Crippen molar-refractivity contribution >= 4 is 27.5 Å². The second kappa shape index (κ2) is 6.33. The summed E-state index contributed by atoms with van der Waals surface area (Å²) < 4.78 is 2.14. The van der Waals surface area contributed by atoms with Crippen molar-refractivity contribution < 1.29 is 4.79 Å². The predicted octanol–water partition coefficient (Wildman–Crippen LogP) is 3.82. The molecule has 1 heterocycles. The van der Waals surface area contributed by atoms with E-state index in [9.17, 15) is 9.59 Å². The number of hydrogen-bond acceptors (Lipinski definition) is 2. The molecule has 1 aliphatic carbocycles. The summed E-state index contributed by atoms with van der Waals surface area (Å²) in [6.45, 7) is -0.0219. The quantitative estimate of drug-likeness (QED) is 0.574. The first-order valence-electron chi connectivity index (χ1n) is 7.97. The number of hydrogen-bond donors (Lipinski definition) is 1. The van der Waals surface area contributed by atoms with Gasteiger partial charge in [-0.2, -0.15) is 0 Å². The molecule has 124 valence electrons. The third-order valence-electron chi connectivity index (χ3n) is 4.34. The monoisotopic (exact) mass is 394 g/mol. The summed E-state index contributed by atoms with van der Waals surface area (Å²) >= 11 is 3.31. The number of nitrogens with zero attached hydrogens (tertiary/aromatic N) is 1. The number of anilines is 1. The average Bonchev–Trinajstić information content (AvgIpc) is 2.96. The Kier molecular flexibility index (Phi) is 4.01. The molecule has 0 spiro atoms. The minimum Gasteiger partial charge on any atom is -0.325 e. The minimum atomic E-state index is -0.230. The fourth-order valence-corrected chi connectivity index (χ4v) is 3.56. The van der Waals surface area contributed by atoms with Crippen LogP contribution in [0.25, 0.3) is 11.1 Å². The molecule has 0 bridgehead atoms. The van der Waals surface area contributed by atoms with E-state index in [1.54, 1.807) is 12.3 Å². The van der Waals surface area contributed by atoms with Gasteiger partial charge in [0, 0.05) is 22.4 Å². The topological polar surface area (TPSA) is 51.1 Å². The second-order valence-electron chi connectivity index (χ2n) is 6.07. The highest BCUT2D eigenvalue weighted by Gasteiger charge is 2.18. The van der Waals surface area contributed by atoms with E-state index in [4.69, 9.17) is 0 Å². The summed E-state index contributed by atoms with van der Waals surface area (Å²) in [7, 11) is 0. The van der Waals surface area contributed by atoms with Crippen LogP contribution in [0, 0.1) is 0 Å². The Hall–Kier alpha value is -2.66. The zero-order chi connectivity index (χ0) is 17.4. The zero-order valence-corrected chi connectivity index (χ0v) is 14.9. The molecule has 1 amide bonds. The molecule has 25 heavy (non-hydrogen) atoms. The third kappa shape index (κ3) is 3.15. The number of nitrogens with one attached hydrogen (secondary N) is 1. The first-order chi connectivity index (χ1) is 12.1. The van der Waals surface area contributed by atoms with Gasteiger partial charge in [0.25, 0.3) is 5.56 Å². The molecule has 0 fully saturated rings. The zero-order valence-electron chi connectivity index (χ0n) is 13.3. The van der Waals surface area contributed by atoms with Crippen molar-refractivity contribution in [2.24, 2.45) is 0 Å². The Morgan fingerprint density at radius 3 is 2.72 bits per heavy atom. The molecular weight excluding hydrogens is 380 g/mol. The van der Waals surface area contributed by atoms with E-state index < -0.39 is 0 Å². The third-order valence-corrected chi connectivity index (χ3v) is 4.81. The number of benzene rings is 2.